The fourth-order valence-corrected chi connectivity index (χ4v) is 1.12. The minimum Gasteiger partial charge on any atom is -0.453 e. The number of hydrogen-bond donors (Lipinski definition) is 0. The molecular formula is C12H22O4. The predicted molar refractivity (Wildman–Crippen MR) is 61.2 cm³/mol. The van der Waals surface area contributed by atoms with Crippen molar-refractivity contribution < 1.29 is 19.1 Å². The SMILES string of the molecule is CCC(=O)[C@@H](C)OC(=O)[C@@H](C)OC(C)CC. The second-order valence-corrected chi connectivity index (χ2v) is 3.90. The molecule has 0 aromatic carbocycles. The standard InChI is InChI=1S/C12H22O4/c1-6-8(3)15-10(5)12(14)16-9(4)11(13)7-2/h8-10H,6-7H2,1-5H3/t8?,9-,10-/m1/s1. The van der Waals surface area contributed by atoms with Crippen LogP contribution < -0.4 is 0 Å². The molecule has 0 fully saturated rings. The van der Waals surface area contributed by atoms with Gasteiger partial charge in [-0.15, -0.1) is 0 Å². The number of esters is 1. The molecule has 0 aliphatic carbocycles. The zero-order chi connectivity index (χ0) is 12.7. The molecule has 0 rings (SSSR count). The Morgan fingerprint density at radius 3 is 2.06 bits per heavy atom. The molecule has 0 N–H and O–H groups in total. The molecule has 0 heterocycles. The maximum Gasteiger partial charge on any atom is 0.335 e. The van der Waals surface area contributed by atoms with Crippen LogP contribution in [0.2, 0.25) is 0 Å². The second-order valence-electron chi connectivity index (χ2n) is 3.90. The summed E-state index contributed by atoms with van der Waals surface area (Å²) in [6, 6.07) is 0. The molecule has 3 atom stereocenters. The molecule has 0 bridgehead atoms. The average Bonchev–Trinajstić information content (AvgIpc) is 2.27. The summed E-state index contributed by atoms with van der Waals surface area (Å²) in [5.74, 6) is -0.557. The van der Waals surface area contributed by atoms with E-state index >= 15 is 0 Å². The van der Waals surface area contributed by atoms with Gasteiger partial charge >= 0.3 is 5.97 Å². The Morgan fingerprint density at radius 1 is 1.06 bits per heavy atom. The molecule has 1 unspecified atom stereocenters. The van der Waals surface area contributed by atoms with Crippen molar-refractivity contribution in [1.29, 1.82) is 0 Å². The summed E-state index contributed by atoms with van der Waals surface area (Å²) in [5, 5.41) is 0. The first-order valence-electron chi connectivity index (χ1n) is 5.80. The molecule has 0 amide bonds. The Kier molecular flexibility index (Phi) is 6.97. The van der Waals surface area contributed by atoms with Gasteiger partial charge in [0.2, 0.25) is 0 Å². The highest BCUT2D eigenvalue weighted by Crippen LogP contribution is 2.06. The molecule has 4 heteroatoms. The summed E-state index contributed by atoms with van der Waals surface area (Å²) in [7, 11) is 0. The number of hydrogen-bond acceptors (Lipinski definition) is 4. The van der Waals surface area contributed by atoms with E-state index in [0.29, 0.717) is 6.42 Å². The van der Waals surface area contributed by atoms with E-state index in [0.717, 1.165) is 6.42 Å². The fraction of sp³-hybridized carbons (Fsp3) is 0.833. The molecular weight excluding hydrogens is 208 g/mol. The van der Waals surface area contributed by atoms with Crippen LogP contribution in [-0.4, -0.2) is 30.1 Å². The Balaban J connectivity index is 4.10. The summed E-state index contributed by atoms with van der Waals surface area (Å²) < 4.78 is 10.4. The third kappa shape index (κ3) is 5.26. The molecule has 94 valence electrons. The van der Waals surface area contributed by atoms with Crippen LogP contribution in [0.1, 0.15) is 47.5 Å². The molecule has 0 aromatic rings. The summed E-state index contributed by atoms with van der Waals surface area (Å²) in [6.07, 6.45) is -0.0851. The van der Waals surface area contributed by atoms with Gasteiger partial charge in [-0.2, -0.15) is 0 Å². The zero-order valence-electron chi connectivity index (χ0n) is 10.8. The van der Waals surface area contributed by atoms with Gasteiger partial charge in [0.25, 0.3) is 0 Å². The lowest BCUT2D eigenvalue weighted by Crippen LogP contribution is -2.32. The number of carbonyl (C=O) groups excluding carboxylic acids is 2. The van der Waals surface area contributed by atoms with Gasteiger partial charge in [-0.1, -0.05) is 13.8 Å². The van der Waals surface area contributed by atoms with Crippen LogP contribution in [0.25, 0.3) is 0 Å². The normalized spacial score (nSPS) is 16.3. The van der Waals surface area contributed by atoms with Gasteiger partial charge in [0.05, 0.1) is 6.10 Å². The van der Waals surface area contributed by atoms with E-state index in [-0.39, 0.29) is 11.9 Å². The van der Waals surface area contributed by atoms with Gasteiger partial charge in [0.1, 0.15) is 0 Å². The molecule has 4 nitrogen and oxygen atoms in total. The smallest absolute Gasteiger partial charge is 0.335 e. The topological polar surface area (TPSA) is 52.6 Å². The van der Waals surface area contributed by atoms with Gasteiger partial charge < -0.3 is 9.47 Å². The van der Waals surface area contributed by atoms with Crippen molar-refractivity contribution in [2.75, 3.05) is 0 Å². The van der Waals surface area contributed by atoms with E-state index in [2.05, 4.69) is 0 Å². The molecule has 16 heavy (non-hydrogen) atoms. The van der Waals surface area contributed by atoms with Gasteiger partial charge in [-0.3, -0.25) is 4.79 Å². The molecule has 0 aliphatic rings. The van der Waals surface area contributed by atoms with Crippen molar-refractivity contribution in [2.45, 2.75) is 65.8 Å². The Labute approximate surface area is 97.3 Å². The van der Waals surface area contributed by atoms with Gasteiger partial charge in [0, 0.05) is 6.42 Å². The monoisotopic (exact) mass is 230 g/mol. The second kappa shape index (κ2) is 7.39. The number of rotatable bonds is 7. The van der Waals surface area contributed by atoms with Crippen molar-refractivity contribution >= 4 is 11.8 Å². The lowest BCUT2D eigenvalue weighted by Gasteiger charge is -2.19. The highest BCUT2D eigenvalue weighted by molar-refractivity contribution is 5.85. The third-order valence-electron chi connectivity index (χ3n) is 2.44. The quantitative estimate of drug-likeness (QED) is 0.628. The van der Waals surface area contributed by atoms with Crippen molar-refractivity contribution in [2.24, 2.45) is 0 Å². The van der Waals surface area contributed by atoms with Crippen LogP contribution in [0.4, 0.5) is 0 Å². The third-order valence-corrected chi connectivity index (χ3v) is 2.44. The highest BCUT2D eigenvalue weighted by atomic mass is 16.6. The van der Waals surface area contributed by atoms with E-state index < -0.39 is 18.2 Å². The number of Topliss-reactive ketones (excluding diaryl/α,β-unsaturated/α-hetero) is 1. The van der Waals surface area contributed by atoms with Crippen LogP contribution in [0, 0.1) is 0 Å². The highest BCUT2D eigenvalue weighted by Gasteiger charge is 2.22. The fourth-order valence-electron chi connectivity index (χ4n) is 1.12. The van der Waals surface area contributed by atoms with Gasteiger partial charge in [-0.25, -0.2) is 4.79 Å². The summed E-state index contributed by atoms with van der Waals surface area (Å²) >= 11 is 0. The maximum atomic E-state index is 11.5. The minimum atomic E-state index is -0.680. The maximum absolute atomic E-state index is 11.5. The number of ether oxygens (including phenoxy) is 2. The van der Waals surface area contributed by atoms with E-state index in [1.165, 1.54) is 0 Å². The number of ketones is 1. The van der Waals surface area contributed by atoms with Crippen LogP contribution in [-0.2, 0) is 19.1 Å². The Morgan fingerprint density at radius 2 is 1.62 bits per heavy atom. The molecule has 0 spiro atoms. The van der Waals surface area contributed by atoms with E-state index in [1.807, 2.05) is 13.8 Å². The number of carbonyl (C=O) groups is 2. The van der Waals surface area contributed by atoms with E-state index in [9.17, 15) is 9.59 Å². The van der Waals surface area contributed by atoms with Crippen molar-refractivity contribution in [3.63, 3.8) is 0 Å². The molecule has 0 radical (unpaired) electrons. The van der Waals surface area contributed by atoms with Crippen molar-refractivity contribution in [3.05, 3.63) is 0 Å². The van der Waals surface area contributed by atoms with Crippen molar-refractivity contribution in [3.8, 4) is 0 Å². The largest absolute Gasteiger partial charge is 0.453 e. The van der Waals surface area contributed by atoms with E-state index in [4.69, 9.17) is 9.47 Å². The summed E-state index contributed by atoms with van der Waals surface area (Å²) in [6.45, 7) is 8.83. The Hall–Kier alpha value is -0.900. The summed E-state index contributed by atoms with van der Waals surface area (Å²) in [5.41, 5.74) is 0. The minimum absolute atomic E-state index is 0.0136. The average molecular weight is 230 g/mol. The summed E-state index contributed by atoms with van der Waals surface area (Å²) in [4.78, 5) is 22.8. The zero-order valence-corrected chi connectivity index (χ0v) is 10.8. The molecule has 0 aliphatic heterocycles. The first-order valence-corrected chi connectivity index (χ1v) is 5.80. The lowest BCUT2D eigenvalue weighted by molar-refractivity contribution is -0.166. The first-order chi connectivity index (χ1) is 7.42. The van der Waals surface area contributed by atoms with Crippen LogP contribution in [0.5, 0.6) is 0 Å². The lowest BCUT2D eigenvalue weighted by atomic mass is 10.2. The first kappa shape index (κ1) is 15.1. The van der Waals surface area contributed by atoms with E-state index in [1.54, 1.807) is 20.8 Å². The Bertz CT molecular complexity index is 237. The molecule has 0 saturated carbocycles. The van der Waals surface area contributed by atoms with Gasteiger partial charge in [0.15, 0.2) is 18.0 Å². The van der Waals surface area contributed by atoms with Crippen LogP contribution >= 0.6 is 0 Å². The van der Waals surface area contributed by atoms with Crippen LogP contribution in [0.15, 0.2) is 0 Å². The predicted octanol–water partition coefficient (Wildman–Crippen LogP) is 2.10. The van der Waals surface area contributed by atoms with Crippen LogP contribution in [0.3, 0.4) is 0 Å². The molecule has 0 saturated heterocycles. The van der Waals surface area contributed by atoms with Gasteiger partial charge in [-0.05, 0) is 27.2 Å². The molecule has 0 aromatic heterocycles. The van der Waals surface area contributed by atoms with Crippen molar-refractivity contribution in [1.82, 2.24) is 0 Å².